The summed E-state index contributed by atoms with van der Waals surface area (Å²) in [6.45, 7) is 10.2. The van der Waals surface area contributed by atoms with Gasteiger partial charge in [-0.25, -0.2) is 4.79 Å². The summed E-state index contributed by atoms with van der Waals surface area (Å²) in [5.74, 6) is -0.588. The minimum absolute atomic E-state index is 0.0605. The van der Waals surface area contributed by atoms with Crippen molar-refractivity contribution in [1.29, 1.82) is 0 Å². The molecule has 0 aliphatic heterocycles. The van der Waals surface area contributed by atoms with Gasteiger partial charge in [-0.05, 0) is 45.4 Å². The minimum Gasteiger partial charge on any atom is -0.462 e. The van der Waals surface area contributed by atoms with Crippen LogP contribution in [-0.4, -0.2) is 35.2 Å². The van der Waals surface area contributed by atoms with Crippen LogP contribution in [-0.2, 0) is 11.3 Å². The van der Waals surface area contributed by atoms with E-state index in [2.05, 4.69) is 10.3 Å². The van der Waals surface area contributed by atoms with E-state index >= 15 is 0 Å². The number of aromatic nitrogens is 1. The van der Waals surface area contributed by atoms with Crippen molar-refractivity contribution in [3.05, 3.63) is 40.2 Å². The van der Waals surface area contributed by atoms with Crippen molar-refractivity contribution in [3.8, 4) is 0 Å². The molecule has 7 nitrogen and oxygen atoms in total. The van der Waals surface area contributed by atoms with Gasteiger partial charge < -0.3 is 9.30 Å². The second-order valence-electron chi connectivity index (χ2n) is 5.82. The SMILES string of the molecule is CCCn1cc(C(=O)OCC)c(=O)c2ccc(N=NN(CC)CC)cc21. The third kappa shape index (κ3) is 4.28. The number of rotatable bonds is 8. The topological polar surface area (TPSA) is 76.3 Å². The van der Waals surface area contributed by atoms with Crippen LogP contribution < -0.4 is 5.43 Å². The molecule has 7 heteroatoms. The summed E-state index contributed by atoms with van der Waals surface area (Å²) < 4.78 is 6.92. The molecule has 0 fully saturated rings. The van der Waals surface area contributed by atoms with E-state index in [1.54, 1.807) is 25.3 Å². The fraction of sp³-hybridized carbons (Fsp3) is 0.474. The molecule has 0 N–H and O–H groups in total. The first-order chi connectivity index (χ1) is 12.5. The lowest BCUT2D eigenvalue weighted by atomic mass is 10.1. The second kappa shape index (κ2) is 9.12. The van der Waals surface area contributed by atoms with Crippen LogP contribution in [0.2, 0.25) is 0 Å². The first-order valence-electron chi connectivity index (χ1n) is 9.06. The van der Waals surface area contributed by atoms with Crippen LogP contribution in [0.1, 0.15) is 44.5 Å². The smallest absolute Gasteiger partial charge is 0.343 e. The molecule has 0 bridgehead atoms. The molecule has 1 aromatic heterocycles. The number of fused-ring (bicyclic) bond motifs is 1. The average molecular weight is 358 g/mol. The number of ether oxygens (including phenoxy) is 1. The van der Waals surface area contributed by atoms with Crippen molar-refractivity contribution in [2.24, 2.45) is 10.3 Å². The molecule has 1 heterocycles. The molecule has 2 aromatic rings. The van der Waals surface area contributed by atoms with Gasteiger partial charge >= 0.3 is 5.97 Å². The first-order valence-corrected chi connectivity index (χ1v) is 9.06. The Kier molecular flexibility index (Phi) is 6.89. The monoisotopic (exact) mass is 358 g/mol. The highest BCUT2D eigenvalue weighted by Gasteiger charge is 2.16. The lowest BCUT2D eigenvalue weighted by molar-refractivity contribution is 0.0524. The van der Waals surface area contributed by atoms with E-state index in [-0.39, 0.29) is 17.6 Å². The number of hydrogen-bond acceptors (Lipinski definition) is 5. The van der Waals surface area contributed by atoms with E-state index in [1.807, 2.05) is 36.4 Å². The van der Waals surface area contributed by atoms with E-state index in [4.69, 9.17) is 4.74 Å². The molecule has 0 saturated carbocycles. The van der Waals surface area contributed by atoms with Gasteiger partial charge in [0.1, 0.15) is 5.56 Å². The number of benzene rings is 1. The van der Waals surface area contributed by atoms with Crippen LogP contribution in [0, 0.1) is 0 Å². The first kappa shape index (κ1) is 19.6. The third-order valence-electron chi connectivity index (χ3n) is 4.04. The molecule has 0 radical (unpaired) electrons. The predicted molar refractivity (Wildman–Crippen MR) is 102 cm³/mol. The summed E-state index contributed by atoms with van der Waals surface area (Å²) in [6, 6.07) is 5.26. The molecule has 0 unspecified atom stereocenters. The Morgan fingerprint density at radius 1 is 1.19 bits per heavy atom. The minimum atomic E-state index is -0.588. The van der Waals surface area contributed by atoms with Gasteiger partial charge in [-0.15, -0.1) is 5.11 Å². The van der Waals surface area contributed by atoms with Gasteiger partial charge in [0.15, 0.2) is 0 Å². The van der Waals surface area contributed by atoms with Crippen molar-refractivity contribution in [1.82, 2.24) is 9.58 Å². The molecular weight excluding hydrogens is 332 g/mol. The van der Waals surface area contributed by atoms with E-state index in [0.29, 0.717) is 17.6 Å². The Morgan fingerprint density at radius 2 is 1.92 bits per heavy atom. The van der Waals surface area contributed by atoms with E-state index in [9.17, 15) is 9.59 Å². The van der Waals surface area contributed by atoms with Crippen molar-refractivity contribution >= 4 is 22.6 Å². The molecule has 0 aliphatic rings. The number of pyridine rings is 1. The van der Waals surface area contributed by atoms with Crippen LogP contribution in [0.15, 0.2) is 39.5 Å². The van der Waals surface area contributed by atoms with Gasteiger partial charge in [-0.1, -0.05) is 12.1 Å². The zero-order valence-corrected chi connectivity index (χ0v) is 15.9. The van der Waals surface area contributed by atoms with Crippen molar-refractivity contribution < 1.29 is 9.53 Å². The number of carbonyl (C=O) groups is 1. The Labute approximate surface area is 153 Å². The summed E-state index contributed by atoms with van der Waals surface area (Å²) in [5.41, 5.74) is 1.14. The highest BCUT2D eigenvalue weighted by atomic mass is 16.5. The van der Waals surface area contributed by atoms with Crippen molar-refractivity contribution in [2.45, 2.75) is 40.7 Å². The van der Waals surface area contributed by atoms with Crippen LogP contribution in [0.25, 0.3) is 10.9 Å². The van der Waals surface area contributed by atoms with Crippen molar-refractivity contribution in [3.63, 3.8) is 0 Å². The second-order valence-corrected chi connectivity index (χ2v) is 5.82. The van der Waals surface area contributed by atoms with Crippen LogP contribution in [0.5, 0.6) is 0 Å². The Morgan fingerprint density at radius 3 is 2.54 bits per heavy atom. The molecule has 140 valence electrons. The largest absolute Gasteiger partial charge is 0.462 e. The number of aryl methyl sites for hydroxylation is 1. The number of esters is 1. The highest BCUT2D eigenvalue weighted by molar-refractivity contribution is 5.94. The Hall–Kier alpha value is -2.70. The standard InChI is InChI=1S/C19H26N4O3/c1-5-11-22-13-16(19(25)26-8-4)18(24)15-10-9-14(12-17(15)22)20-21-23(6-2)7-3/h9-10,12-13H,5-8,11H2,1-4H3. The number of nitrogens with zero attached hydrogens (tertiary/aromatic N) is 4. The maximum Gasteiger partial charge on any atom is 0.343 e. The summed E-state index contributed by atoms with van der Waals surface area (Å²) in [6.07, 6.45) is 2.45. The van der Waals surface area contributed by atoms with Crippen molar-refractivity contribution in [2.75, 3.05) is 19.7 Å². The maximum absolute atomic E-state index is 12.7. The molecule has 0 aliphatic carbocycles. The fourth-order valence-corrected chi connectivity index (χ4v) is 2.69. The summed E-state index contributed by atoms with van der Waals surface area (Å²) >= 11 is 0. The lowest BCUT2D eigenvalue weighted by Crippen LogP contribution is -2.21. The molecule has 0 atom stereocenters. The van der Waals surface area contributed by atoms with E-state index in [0.717, 1.165) is 25.0 Å². The van der Waals surface area contributed by atoms with Gasteiger partial charge in [-0.3, -0.25) is 9.80 Å². The number of hydrogen-bond donors (Lipinski definition) is 0. The molecule has 0 spiro atoms. The molecule has 0 amide bonds. The zero-order chi connectivity index (χ0) is 19.1. The van der Waals surface area contributed by atoms with E-state index in [1.165, 1.54) is 0 Å². The average Bonchev–Trinajstić information content (AvgIpc) is 2.65. The normalized spacial score (nSPS) is 11.2. The molecular formula is C19H26N4O3. The predicted octanol–water partition coefficient (Wildman–Crippen LogP) is 3.93. The van der Waals surface area contributed by atoms with Gasteiger partial charge in [0.05, 0.1) is 17.8 Å². The molecule has 0 saturated heterocycles. The third-order valence-corrected chi connectivity index (χ3v) is 4.04. The van der Waals surface area contributed by atoms with Crippen LogP contribution in [0.4, 0.5) is 5.69 Å². The van der Waals surface area contributed by atoms with Gasteiger partial charge in [0.2, 0.25) is 5.43 Å². The van der Waals surface area contributed by atoms with Gasteiger partial charge in [0.25, 0.3) is 0 Å². The summed E-state index contributed by atoms with van der Waals surface area (Å²) in [5, 5.41) is 10.8. The number of carbonyl (C=O) groups excluding carboxylic acids is 1. The zero-order valence-electron chi connectivity index (χ0n) is 15.9. The molecule has 26 heavy (non-hydrogen) atoms. The maximum atomic E-state index is 12.7. The molecule has 1 aromatic carbocycles. The Balaban J connectivity index is 2.56. The van der Waals surface area contributed by atoms with E-state index < -0.39 is 5.97 Å². The van der Waals surface area contributed by atoms with Crippen LogP contribution in [0.3, 0.4) is 0 Å². The lowest BCUT2D eigenvalue weighted by Gasteiger charge is -2.13. The van der Waals surface area contributed by atoms with Crippen LogP contribution >= 0.6 is 0 Å². The quantitative estimate of drug-likeness (QED) is 0.407. The Bertz CT molecular complexity index is 854. The summed E-state index contributed by atoms with van der Waals surface area (Å²) in [4.78, 5) is 24.8. The highest BCUT2D eigenvalue weighted by Crippen LogP contribution is 2.21. The van der Waals surface area contributed by atoms with Gasteiger partial charge in [0, 0.05) is 31.2 Å². The fourth-order valence-electron chi connectivity index (χ4n) is 2.69. The van der Waals surface area contributed by atoms with Gasteiger partial charge in [-0.2, -0.15) is 0 Å². The summed E-state index contributed by atoms with van der Waals surface area (Å²) in [7, 11) is 0. The molecule has 2 rings (SSSR count).